The molecule has 2 aromatic heterocycles. The quantitative estimate of drug-likeness (QED) is 0.859. The molecule has 4 heterocycles. The molecule has 2 saturated heterocycles. The van der Waals surface area contributed by atoms with Crippen molar-refractivity contribution in [3.63, 3.8) is 0 Å². The molecule has 6 heteroatoms. The molecule has 3 atom stereocenters. The molecule has 0 N–H and O–H groups in total. The molecular weight excluding hydrogens is 304 g/mol. The topological polar surface area (TPSA) is 60.4 Å². The lowest BCUT2D eigenvalue weighted by atomic mass is 9.91. The van der Waals surface area contributed by atoms with E-state index in [-0.39, 0.29) is 12.2 Å². The Morgan fingerprint density at radius 1 is 1.29 bits per heavy atom. The first-order valence-electron chi connectivity index (χ1n) is 8.45. The zero-order chi connectivity index (χ0) is 16.4. The summed E-state index contributed by atoms with van der Waals surface area (Å²) in [4.78, 5) is 15.1. The van der Waals surface area contributed by atoms with Gasteiger partial charge in [0.15, 0.2) is 0 Å². The first-order chi connectivity index (χ1) is 11.8. The molecule has 4 rings (SSSR count). The summed E-state index contributed by atoms with van der Waals surface area (Å²) in [6.07, 6.45) is 7.76. The number of hydrogen-bond acceptors (Lipinski definition) is 6. The molecule has 0 saturated carbocycles. The summed E-state index contributed by atoms with van der Waals surface area (Å²) in [5.41, 5.74) is 2.13. The van der Waals surface area contributed by atoms with Crippen LogP contribution in [0.5, 0.6) is 5.88 Å². The second-order valence-electron chi connectivity index (χ2n) is 6.49. The van der Waals surface area contributed by atoms with Gasteiger partial charge in [-0.3, -0.25) is 4.90 Å². The number of pyridine rings is 1. The van der Waals surface area contributed by atoms with Crippen LogP contribution < -0.4 is 4.74 Å². The van der Waals surface area contributed by atoms with E-state index < -0.39 is 0 Å². The average Bonchev–Trinajstić information content (AvgIpc) is 3.06. The lowest BCUT2D eigenvalue weighted by Crippen LogP contribution is -2.41. The van der Waals surface area contributed by atoms with Crippen molar-refractivity contribution in [1.82, 2.24) is 19.9 Å². The monoisotopic (exact) mass is 326 g/mol. The summed E-state index contributed by atoms with van der Waals surface area (Å²) in [5, 5.41) is 0. The van der Waals surface area contributed by atoms with Crippen molar-refractivity contribution in [2.45, 2.75) is 31.6 Å². The van der Waals surface area contributed by atoms with Crippen LogP contribution in [0, 0.1) is 5.92 Å². The Bertz CT molecular complexity index is 682. The predicted octanol–water partition coefficient (Wildman–Crippen LogP) is 2.23. The highest BCUT2D eigenvalue weighted by Gasteiger charge is 2.40. The third kappa shape index (κ3) is 3.12. The molecule has 0 radical (unpaired) electrons. The zero-order valence-electron chi connectivity index (χ0n) is 13.8. The van der Waals surface area contributed by atoms with Crippen LogP contribution in [0.4, 0.5) is 0 Å². The van der Waals surface area contributed by atoms with Crippen molar-refractivity contribution in [3.05, 3.63) is 48.2 Å². The van der Waals surface area contributed by atoms with Gasteiger partial charge in [0.25, 0.3) is 0 Å². The van der Waals surface area contributed by atoms with Crippen molar-refractivity contribution in [1.29, 1.82) is 0 Å². The minimum atomic E-state index is 0.107. The number of nitrogens with zero attached hydrogens (tertiary/aromatic N) is 4. The maximum atomic E-state index is 6.30. The summed E-state index contributed by atoms with van der Waals surface area (Å²) in [6, 6.07) is 6.00. The van der Waals surface area contributed by atoms with Crippen LogP contribution >= 0.6 is 0 Å². The first-order valence-corrected chi connectivity index (χ1v) is 8.45. The second kappa shape index (κ2) is 6.83. The lowest BCUT2D eigenvalue weighted by Gasteiger charge is -2.34. The van der Waals surface area contributed by atoms with E-state index in [1.165, 1.54) is 0 Å². The van der Waals surface area contributed by atoms with E-state index in [0.717, 1.165) is 43.7 Å². The molecule has 2 fully saturated rings. The van der Waals surface area contributed by atoms with Gasteiger partial charge in [-0.05, 0) is 37.4 Å². The van der Waals surface area contributed by atoms with E-state index in [0.29, 0.717) is 11.8 Å². The Morgan fingerprint density at radius 3 is 3.08 bits per heavy atom. The van der Waals surface area contributed by atoms with E-state index in [4.69, 9.17) is 9.47 Å². The van der Waals surface area contributed by atoms with Gasteiger partial charge in [0.05, 0.1) is 18.9 Å². The van der Waals surface area contributed by atoms with Gasteiger partial charge < -0.3 is 9.47 Å². The van der Waals surface area contributed by atoms with Crippen LogP contribution in [0.2, 0.25) is 0 Å². The number of methoxy groups -OCH3 is 1. The van der Waals surface area contributed by atoms with Crippen LogP contribution in [0.3, 0.4) is 0 Å². The third-order valence-corrected chi connectivity index (χ3v) is 5.01. The van der Waals surface area contributed by atoms with Gasteiger partial charge in [-0.25, -0.2) is 15.0 Å². The molecule has 2 aromatic rings. The van der Waals surface area contributed by atoms with Crippen molar-refractivity contribution in [2.75, 3.05) is 20.2 Å². The molecule has 0 amide bonds. The number of fused-ring (bicyclic) bond motifs is 1. The maximum absolute atomic E-state index is 6.30. The van der Waals surface area contributed by atoms with Crippen molar-refractivity contribution in [3.8, 4) is 5.88 Å². The van der Waals surface area contributed by atoms with Crippen molar-refractivity contribution < 1.29 is 9.47 Å². The van der Waals surface area contributed by atoms with Crippen LogP contribution in [0.1, 0.15) is 30.2 Å². The van der Waals surface area contributed by atoms with Crippen LogP contribution in [0.25, 0.3) is 0 Å². The molecule has 126 valence electrons. The van der Waals surface area contributed by atoms with Gasteiger partial charge in [0, 0.05) is 31.0 Å². The zero-order valence-corrected chi connectivity index (χ0v) is 13.8. The number of aromatic nitrogens is 3. The van der Waals surface area contributed by atoms with E-state index >= 15 is 0 Å². The molecule has 0 unspecified atom stereocenters. The highest BCUT2D eigenvalue weighted by atomic mass is 16.5. The van der Waals surface area contributed by atoms with Crippen LogP contribution in [-0.4, -0.2) is 46.2 Å². The Balaban J connectivity index is 1.41. The standard InChI is InChI=1S/C18H22N4O2/c1-23-18-14(3-2-6-20-18)10-22-8-5-13-9-16(24-17(13)11-22)15-4-7-19-12-21-15/h2-4,6-7,12-13,16-17H,5,8-11H2,1H3/t13-,16+,17+/m1/s1. The SMILES string of the molecule is COc1ncccc1CN1CC[C@@H]2C[C@@H](c3ccncn3)O[C@H]2C1. The number of hydrogen-bond donors (Lipinski definition) is 0. The van der Waals surface area contributed by atoms with Crippen LogP contribution in [0.15, 0.2) is 36.9 Å². The van der Waals surface area contributed by atoms with E-state index in [2.05, 4.69) is 25.9 Å². The minimum Gasteiger partial charge on any atom is -0.481 e. The molecule has 24 heavy (non-hydrogen) atoms. The molecule has 0 aliphatic carbocycles. The summed E-state index contributed by atoms with van der Waals surface area (Å²) in [6.45, 7) is 2.88. The van der Waals surface area contributed by atoms with Crippen molar-refractivity contribution >= 4 is 0 Å². The molecule has 2 aliphatic heterocycles. The Labute approximate surface area is 141 Å². The smallest absolute Gasteiger partial charge is 0.217 e. The molecule has 2 aliphatic rings. The van der Waals surface area contributed by atoms with Gasteiger partial charge in [-0.1, -0.05) is 6.07 Å². The Hall–Kier alpha value is -2.05. The lowest BCUT2D eigenvalue weighted by molar-refractivity contribution is -0.0108. The first kappa shape index (κ1) is 15.5. The fraction of sp³-hybridized carbons (Fsp3) is 0.500. The highest BCUT2D eigenvalue weighted by molar-refractivity contribution is 5.25. The van der Waals surface area contributed by atoms with E-state index in [1.807, 2.05) is 12.1 Å². The van der Waals surface area contributed by atoms with Gasteiger partial charge in [0.1, 0.15) is 12.4 Å². The fourth-order valence-corrected chi connectivity index (χ4v) is 3.79. The number of ether oxygens (including phenoxy) is 2. The van der Waals surface area contributed by atoms with Gasteiger partial charge in [0.2, 0.25) is 5.88 Å². The van der Waals surface area contributed by atoms with Crippen molar-refractivity contribution in [2.24, 2.45) is 5.92 Å². The highest BCUT2D eigenvalue weighted by Crippen LogP contribution is 2.40. The molecule has 0 spiro atoms. The Morgan fingerprint density at radius 2 is 2.25 bits per heavy atom. The van der Waals surface area contributed by atoms with Crippen LogP contribution in [-0.2, 0) is 11.3 Å². The predicted molar refractivity (Wildman–Crippen MR) is 88.4 cm³/mol. The normalized spacial score (nSPS) is 27.0. The van der Waals surface area contributed by atoms with E-state index in [9.17, 15) is 0 Å². The number of likely N-dealkylation sites (tertiary alicyclic amines) is 1. The van der Waals surface area contributed by atoms with Gasteiger partial charge >= 0.3 is 0 Å². The van der Waals surface area contributed by atoms with Gasteiger partial charge in [-0.2, -0.15) is 0 Å². The molecular formula is C18H22N4O2. The van der Waals surface area contributed by atoms with Gasteiger partial charge in [-0.15, -0.1) is 0 Å². The average molecular weight is 326 g/mol. The molecule has 6 nitrogen and oxygen atoms in total. The number of piperidine rings is 1. The molecule has 0 aromatic carbocycles. The summed E-state index contributed by atoms with van der Waals surface area (Å²) < 4.78 is 11.7. The third-order valence-electron chi connectivity index (χ3n) is 5.01. The summed E-state index contributed by atoms with van der Waals surface area (Å²) in [5.74, 6) is 1.34. The fourth-order valence-electron chi connectivity index (χ4n) is 3.79. The molecule has 0 bridgehead atoms. The van der Waals surface area contributed by atoms with E-state index in [1.54, 1.807) is 25.8 Å². The Kier molecular flexibility index (Phi) is 4.40. The minimum absolute atomic E-state index is 0.107. The second-order valence-corrected chi connectivity index (χ2v) is 6.49. The summed E-state index contributed by atoms with van der Waals surface area (Å²) >= 11 is 0. The maximum Gasteiger partial charge on any atom is 0.217 e. The number of rotatable bonds is 4. The summed E-state index contributed by atoms with van der Waals surface area (Å²) in [7, 11) is 1.67. The largest absolute Gasteiger partial charge is 0.481 e.